The number of ether oxygens (including phenoxy) is 2. The smallest absolute Gasteiger partial charge is 0.191 e. The van der Waals surface area contributed by atoms with Gasteiger partial charge in [-0.25, -0.2) is 0 Å². The first-order valence-corrected chi connectivity index (χ1v) is 10.00. The van der Waals surface area contributed by atoms with Crippen molar-refractivity contribution in [3.05, 3.63) is 29.3 Å². The lowest BCUT2D eigenvalue weighted by Gasteiger charge is -2.24. The number of guanidine groups is 1. The van der Waals surface area contributed by atoms with Gasteiger partial charge in [0.05, 0.1) is 6.61 Å². The highest BCUT2D eigenvalue weighted by Gasteiger charge is 2.18. The Morgan fingerprint density at radius 2 is 1.96 bits per heavy atom. The second kappa shape index (κ2) is 14.0. The first-order chi connectivity index (χ1) is 13.1. The van der Waals surface area contributed by atoms with E-state index in [1.54, 1.807) is 14.2 Å². The van der Waals surface area contributed by atoms with E-state index in [0.29, 0.717) is 19.8 Å². The number of hydrogen-bond donors (Lipinski definition) is 2. The van der Waals surface area contributed by atoms with E-state index in [-0.39, 0.29) is 24.0 Å². The zero-order valence-corrected chi connectivity index (χ0v) is 20.1. The predicted molar refractivity (Wildman–Crippen MR) is 127 cm³/mol. The molecule has 1 aromatic rings. The Kier molecular flexibility index (Phi) is 12.5. The summed E-state index contributed by atoms with van der Waals surface area (Å²) in [7, 11) is 5.72. The van der Waals surface area contributed by atoms with Crippen LogP contribution >= 0.6 is 24.0 Å². The van der Waals surface area contributed by atoms with Crippen molar-refractivity contribution in [3.63, 3.8) is 0 Å². The number of rotatable bonds is 10. The third-order valence-electron chi connectivity index (χ3n) is 5.14. The van der Waals surface area contributed by atoms with Crippen molar-refractivity contribution in [3.8, 4) is 5.75 Å². The number of benzene rings is 1. The molecule has 2 N–H and O–H groups in total. The Morgan fingerprint density at radius 3 is 2.64 bits per heavy atom. The fraction of sp³-hybridized carbons (Fsp3) is 0.667. The molecule has 1 aliphatic carbocycles. The van der Waals surface area contributed by atoms with Crippen LogP contribution in [0, 0.1) is 6.92 Å². The van der Waals surface area contributed by atoms with Gasteiger partial charge in [-0.2, -0.15) is 0 Å². The lowest BCUT2D eigenvalue weighted by molar-refractivity contribution is 0.145. The highest BCUT2D eigenvalue weighted by molar-refractivity contribution is 14.0. The summed E-state index contributed by atoms with van der Waals surface area (Å²) in [5.41, 5.74) is 2.30. The van der Waals surface area contributed by atoms with Gasteiger partial charge in [0.1, 0.15) is 12.4 Å². The highest BCUT2D eigenvalue weighted by atomic mass is 127. The van der Waals surface area contributed by atoms with E-state index >= 15 is 0 Å². The average Bonchev–Trinajstić information content (AvgIpc) is 3.20. The summed E-state index contributed by atoms with van der Waals surface area (Å²) in [5, 5.41) is 6.80. The van der Waals surface area contributed by atoms with Gasteiger partial charge >= 0.3 is 0 Å². The number of hydrogen-bond acceptors (Lipinski definition) is 4. The zero-order valence-electron chi connectivity index (χ0n) is 17.8. The van der Waals surface area contributed by atoms with E-state index in [4.69, 9.17) is 9.47 Å². The van der Waals surface area contributed by atoms with Gasteiger partial charge in [0.25, 0.3) is 0 Å². The second-order valence-corrected chi connectivity index (χ2v) is 7.22. The number of halogens is 1. The standard InChI is InChI=1S/C21H36N4O2.HI/c1-17-9-10-18(20(15-17)27-14-13-26-4)16-24-21(22-2)23-11-12-25(3)19-7-5-6-8-19;/h9-10,15,19H,5-8,11-14,16H2,1-4H3,(H2,22,23,24);1H. The molecule has 1 aliphatic rings. The minimum absolute atomic E-state index is 0. The summed E-state index contributed by atoms with van der Waals surface area (Å²) in [6.45, 7) is 5.79. The summed E-state index contributed by atoms with van der Waals surface area (Å²) >= 11 is 0. The van der Waals surface area contributed by atoms with Crippen molar-refractivity contribution >= 4 is 29.9 Å². The maximum atomic E-state index is 5.86. The predicted octanol–water partition coefficient (Wildman–Crippen LogP) is 3.18. The molecule has 0 radical (unpaired) electrons. The number of aliphatic imine (C=N–C) groups is 1. The summed E-state index contributed by atoms with van der Waals surface area (Å²) in [4.78, 5) is 6.80. The lowest BCUT2D eigenvalue weighted by atomic mass is 10.1. The molecule has 1 fully saturated rings. The Labute approximate surface area is 187 Å². The van der Waals surface area contributed by atoms with Crippen molar-refractivity contribution < 1.29 is 9.47 Å². The Bertz CT molecular complexity index is 592. The summed E-state index contributed by atoms with van der Waals surface area (Å²) < 4.78 is 10.9. The number of methoxy groups -OCH3 is 1. The molecule has 1 aromatic carbocycles. The molecule has 1 saturated carbocycles. The van der Waals surface area contributed by atoms with Crippen molar-refractivity contribution in [2.45, 2.75) is 45.2 Å². The average molecular weight is 504 g/mol. The third-order valence-corrected chi connectivity index (χ3v) is 5.14. The van der Waals surface area contributed by atoms with Gasteiger partial charge < -0.3 is 25.0 Å². The van der Waals surface area contributed by atoms with Gasteiger partial charge in [-0.05, 0) is 38.4 Å². The SMILES string of the molecule is CN=C(NCCN(C)C1CCCC1)NCc1ccc(C)cc1OCCOC.I. The van der Waals surface area contributed by atoms with Crippen molar-refractivity contribution in [2.75, 3.05) is 47.5 Å². The molecule has 0 unspecified atom stereocenters. The fourth-order valence-electron chi connectivity index (χ4n) is 3.45. The number of nitrogens with zero attached hydrogens (tertiary/aromatic N) is 2. The van der Waals surface area contributed by atoms with Crippen molar-refractivity contribution in [2.24, 2.45) is 4.99 Å². The normalized spacial score (nSPS) is 14.8. The number of aryl methyl sites for hydroxylation is 1. The van der Waals surface area contributed by atoms with E-state index in [2.05, 4.69) is 52.7 Å². The van der Waals surface area contributed by atoms with E-state index in [9.17, 15) is 0 Å². The molecule has 0 spiro atoms. The molecule has 0 atom stereocenters. The van der Waals surface area contributed by atoms with Crippen molar-refractivity contribution in [1.29, 1.82) is 0 Å². The highest BCUT2D eigenvalue weighted by Crippen LogP contribution is 2.22. The lowest BCUT2D eigenvalue weighted by Crippen LogP contribution is -2.42. The van der Waals surface area contributed by atoms with Crippen LogP contribution in [-0.4, -0.2) is 64.4 Å². The van der Waals surface area contributed by atoms with E-state index in [1.165, 1.54) is 31.2 Å². The molecule has 28 heavy (non-hydrogen) atoms. The topological polar surface area (TPSA) is 58.1 Å². The Balaban J connectivity index is 0.00000392. The monoisotopic (exact) mass is 504 g/mol. The quantitative estimate of drug-likeness (QED) is 0.222. The molecule has 6 nitrogen and oxygen atoms in total. The number of likely N-dealkylation sites (N-methyl/N-ethyl adjacent to an activating group) is 1. The van der Waals surface area contributed by atoms with Crippen LogP contribution < -0.4 is 15.4 Å². The molecule has 160 valence electrons. The third kappa shape index (κ3) is 8.53. The van der Waals surface area contributed by atoms with E-state index in [0.717, 1.165) is 36.4 Å². The largest absolute Gasteiger partial charge is 0.491 e. The van der Waals surface area contributed by atoms with Crippen molar-refractivity contribution in [1.82, 2.24) is 15.5 Å². The molecule has 0 aromatic heterocycles. The molecule has 7 heteroatoms. The summed E-state index contributed by atoms with van der Waals surface area (Å²) in [5.74, 6) is 1.72. The fourth-order valence-corrected chi connectivity index (χ4v) is 3.45. The summed E-state index contributed by atoms with van der Waals surface area (Å²) in [6.07, 6.45) is 5.42. The Hall–Kier alpha value is -1.06. The van der Waals surface area contributed by atoms with Gasteiger partial charge in [0.15, 0.2) is 5.96 Å². The molecule has 0 amide bonds. The maximum Gasteiger partial charge on any atom is 0.191 e. The second-order valence-electron chi connectivity index (χ2n) is 7.22. The van der Waals surface area contributed by atoms with Gasteiger partial charge in [-0.1, -0.05) is 25.0 Å². The van der Waals surface area contributed by atoms with Crippen LogP contribution in [0.2, 0.25) is 0 Å². The van der Waals surface area contributed by atoms with Crippen LogP contribution in [0.5, 0.6) is 5.75 Å². The van der Waals surface area contributed by atoms with Crippen LogP contribution in [0.4, 0.5) is 0 Å². The van der Waals surface area contributed by atoms with Crippen LogP contribution in [0.15, 0.2) is 23.2 Å². The zero-order chi connectivity index (χ0) is 19.5. The molecule has 0 bridgehead atoms. The first-order valence-electron chi connectivity index (χ1n) is 10.00. The number of nitrogens with one attached hydrogen (secondary N) is 2. The molecular weight excluding hydrogens is 467 g/mol. The van der Waals surface area contributed by atoms with Gasteiger partial charge in [-0.3, -0.25) is 4.99 Å². The molecule has 0 heterocycles. The van der Waals surface area contributed by atoms with Gasteiger partial charge in [0, 0.05) is 45.4 Å². The maximum absolute atomic E-state index is 5.86. The molecule has 0 aliphatic heterocycles. The van der Waals surface area contributed by atoms with Crippen LogP contribution in [0.1, 0.15) is 36.8 Å². The van der Waals surface area contributed by atoms with Crippen LogP contribution in [0.3, 0.4) is 0 Å². The first kappa shape index (κ1) is 25.0. The molecular formula is C21H37IN4O2. The minimum Gasteiger partial charge on any atom is -0.491 e. The molecule has 0 saturated heterocycles. The van der Waals surface area contributed by atoms with E-state index < -0.39 is 0 Å². The molecule has 2 rings (SSSR count). The Morgan fingerprint density at radius 1 is 1.21 bits per heavy atom. The summed E-state index contributed by atoms with van der Waals surface area (Å²) in [6, 6.07) is 7.03. The van der Waals surface area contributed by atoms with Gasteiger partial charge in [0.2, 0.25) is 0 Å². The van der Waals surface area contributed by atoms with Crippen LogP contribution in [-0.2, 0) is 11.3 Å². The van der Waals surface area contributed by atoms with Gasteiger partial charge in [-0.15, -0.1) is 24.0 Å². The minimum atomic E-state index is 0. The van der Waals surface area contributed by atoms with Crippen LogP contribution in [0.25, 0.3) is 0 Å². The van der Waals surface area contributed by atoms with E-state index in [1.807, 2.05) is 0 Å².